The lowest BCUT2D eigenvalue weighted by Crippen LogP contribution is -2.39. The second-order valence-corrected chi connectivity index (χ2v) is 5.54. The first-order chi connectivity index (χ1) is 10.3. The molecule has 2 aromatic rings. The molecule has 0 aliphatic heterocycles. The first-order valence-electron chi connectivity index (χ1n) is 7.25. The summed E-state index contributed by atoms with van der Waals surface area (Å²) < 4.78 is 0. The van der Waals surface area contributed by atoms with Crippen molar-refractivity contribution in [2.75, 3.05) is 6.54 Å². The van der Waals surface area contributed by atoms with Crippen LogP contribution in [0.25, 0.3) is 0 Å². The summed E-state index contributed by atoms with van der Waals surface area (Å²) in [6.45, 7) is 1.21. The van der Waals surface area contributed by atoms with E-state index in [2.05, 4.69) is 39.9 Å². The van der Waals surface area contributed by atoms with Gasteiger partial charge in [0.15, 0.2) is 0 Å². The number of carbonyl (C=O) groups excluding carboxylic acids is 1. The quantitative estimate of drug-likeness (QED) is 0.885. The maximum Gasteiger partial charge on any atom is 0.315 e. The molecule has 2 amide bonds. The van der Waals surface area contributed by atoms with Gasteiger partial charge in [0.1, 0.15) is 0 Å². The van der Waals surface area contributed by atoms with Crippen LogP contribution in [0.4, 0.5) is 4.79 Å². The normalized spacial score (nSPS) is 15.2. The van der Waals surface area contributed by atoms with Crippen molar-refractivity contribution < 1.29 is 4.79 Å². The van der Waals surface area contributed by atoms with Crippen molar-refractivity contribution in [1.82, 2.24) is 15.6 Å². The summed E-state index contributed by atoms with van der Waals surface area (Å²) in [5, 5.41) is 5.86. The van der Waals surface area contributed by atoms with Crippen LogP contribution in [-0.4, -0.2) is 17.6 Å². The van der Waals surface area contributed by atoms with Crippen molar-refractivity contribution in [2.45, 2.75) is 24.8 Å². The van der Waals surface area contributed by atoms with Gasteiger partial charge in [-0.15, -0.1) is 0 Å². The molecule has 0 saturated heterocycles. The molecule has 0 spiro atoms. The summed E-state index contributed by atoms with van der Waals surface area (Å²) in [6.07, 6.45) is 5.73. The fraction of sp³-hybridized carbons (Fsp3) is 0.294. The van der Waals surface area contributed by atoms with Crippen molar-refractivity contribution >= 4 is 6.03 Å². The molecule has 1 aromatic heterocycles. The topological polar surface area (TPSA) is 54.0 Å². The van der Waals surface area contributed by atoms with Gasteiger partial charge in [-0.25, -0.2) is 4.79 Å². The number of urea groups is 1. The third-order valence-corrected chi connectivity index (χ3v) is 4.03. The largest absolute Gasteiger partial charge is 0.337 e. The molecule has 4 heteroatoms. The zero-order valence-electron chi connectivity index (χ0n) is 11.9. The molecule has 2 N–H and O–H groups in total. The number of amides is 2. The molecule has 0 bridgehead atoms. The van der Waals surface area contributed by atoms with Crippen LogP contribution in [0, 0.1) is 0 Å². The Morgan fingerprint density at radius 2 is 1.76 bits per heavy atom. The van der Waals surface area contributed by atoms with Crippen LogP contribution in [0.5, 0.6) is 0 Å². The summed E-state index contributed by atoms with van der Waals surface area (Å²) in [4.78, 5) is 15.8. The average molecular weight is 281 g/mol. The smallest absolute Gasteiger partial charge is 0.315 e. The zero-order chi connectivity index (χ0) is 14.5. The fourth-order valence-corrected chi connectivity index (χ4v) is 2.51. The molecule has 1 aliphatic rings. The molecule has 0 atom stereocenters. The van der Waals surface area contributed by atoms with Crippen molar-refractivity contribution in [3.8, 4) is 0 Å². The van der Waals surface area contributed by atoms with Crippen LogP contribution in [0.1, 0.15) is 24.0 Å². The van der Waals surface area contributed by atoms with E-state index in [9.17, 15) is 4.79 Å². The minimum Gasteiger partial charge on any atom is -0.337 e. The van der Waals surface area contributed by atoms with Crippen molar-refractivity contribution in [3.05, 3.63) is 66.0 Å². The lowest BCUT2D eigenvalue weighted by molar-refractivity contribution is 0.239. The highest BCUT2D eigenvalue weighted by atomic mass is 16.2. The van der Waals surface area contributed by atoms with Crippen LogP contribution in [0.2, 0.25) is 0 Å². The van der Waals surface area contributed by atoms with Gasteiger partial charge < -0.3 is 10.6 Å². The number of carbonyl (C=O) groups is 1. The maximum atomic E-state index is 11.9. The third kappa shape index (κ3) is 3.40. The van der Waals surface area contributed by atoms with Crippen molar-refractivity contribution in [1.29, 1.82) is 0 Å². The molecule has 1 saturated carbocycles. The number of benzene rings is 1. The standard InChI is InChI=1S/C17H19N3O/c21-16(19-12-14-6-10-18-11-7-14)20-13-17(8-9-17)15-4-2-1-3-5-15/h1-7,10-11H,8-9,12-13H2,(H2,19,20,21). The van der Waals surface area contributed by atoms with Crippen molar-refractivity contribution in [2.24, 2.45) is 0 Å². The highest BCUT2D eigenvalue weighted by molar-refractivity contribution is 5.74. The predicted molar refractivity (Wildman–Crippen MR) is 81.8 cm³/mol. The van der Waals surface area contributed by atoms with Crippen LogP contribution >= 0.6 is 0 Å². The molecule has 1 aromatic carbocycles. The number of pyridine rings is 1. The summed E-state index contributed by atoms with van der Waals surface area (Å²) in [5.41, 5.74) is 2.51. The highest BCUT2D eigenvalue weighted by Crippen LogP contribution is 2.47. The van der Waals surface area contributed by atoms with Crippen LogP contribution in [0.15, 0.2) is 54.9 Å². The minimum absolute atomic E-state index is 0.117. The number of hydrogen-bond donors (Lipinski definition) is 2. The molecular formula is C17H19N3O. The van der Waals surface area contributed by atoms with Gasteiger partial charge in [-0.05, 0) is 36.1 Å². The van der Waals surface area contributed by atoms with E-state index >= 15 is 0 Å². The van der Waals surface area contributed by atoms with E-state index in [4.69, 9.17) is 0 Å². The molecule has 1 fully saturated rings. The predicted octanol–water partition coefficient (Wildman–Crippen LogP) is 2.61. The molecule has 108 valence electrons. The Bertz CT molecular complexity index is 594. The Kier molecular flexibility index (Phi) is 3.86. The first kappa shape index (κ1) is 13.6. The van der Waals surface area contributed by atoms with E-state index in [-0.39, 0.29) is 11.4 Å². The summed E-state index contributed by atoms with van der Waals surface area (Å²) >= 11 is 0. The van der Waals surface area contributed by atoms with Crippen molar-refractivity contribution in [3.63, 3.8) is 0 Å². The fourth-order valence-electron chi connectivity index (χ4n) is 2.51. The van der Waals surface area contributed by atoms with Gasteiger partial charge in [-0.2, -0.15) is 0 Å². The van der Waals surface area contributed by atoms with Gasteiger partial charge in [0.2, 0.25) is 0 Å². The number of rotatable bonds is 5. The van der Waals surface area contributed by atoms with Gasteiger partial charge >= 0.3 is 6.03 Å². The maximum absolute atomic E-state index is 11.9. The highest BCUT2D eigenvalue weighted by Gasteiger charge is 2.44. The Morgan fingerprint density at radius 1 is 1.05 bits per heavy atom. The molecule has 0 unspecified atom stereocenters. The van der Waals surface area contributed by atoms with E-state index < -0.39 is 0 Å². The van der Waals surface area contributed by atoms with E-state index in [1.807, 2.05) is 18.2 Å². The Morgan fingerprint density at radius 3 is 2.43 bits per heavy atom. The average Bonchev–Trinajstić information content (AvgIpc) is 3.34. The van der Waals surface area contributed by atoms with E-state index in [0.29, 0.717) is 13.1 Å². The molecule has 3 rings (SSSR count). The second-order valence-electron chi connectivity index (χ2n) is 5.54. The van der Waals surface area contributed by atoms with Gasteiger partial charge in [-0.3, -0.25) is 4.98 Å². The van der Waals surface area contributed by atoms with Gasteiger partial charge in [-0.1, -0.05) is 30.3 Å². The minimum atomic E-state index is -0.117. The van der Waals surface area contributed by atoms with Gasteiger partial charge in [0.05, 0.1) is 0 Å². The molecule has 1 heterocycles. The summed E-state index contributed by atoms with van der Waals surface area (Å²) in [5.74, 6) is 0. The van der Waals surface area contributed by atoms with E-state index in [1.165, 1.54) is 5.56 Å². The van der Waals surface area contributed by atoms with Crippen LogP contribution < -0.4 is 10.6 Å². The number of hydrogen-bond acceptors (Lipinski definition) is 2. The summed E-state index contributed by atoms with van der Waals surface area (Å²) in [7, 11) is 0. The van der Waals surface area contributed by atoms with Gasteiger partial charge in [0, 0.05) is 30.9 Å². The number of nitrogens with zero attached hydrogens (tertiary/aromatic N) is 1. The third-order valence-electron chi connectivity index (χ3n) is 4.03. The SMILES string of the molecule is O=C(NCc1ccncc1)NCC1(c2ccccc2)CC1. The molecule has 4 nitrogen and oxygen atoms in total. The first-order valence-corrected chi connectivity index (χ1v) is 7.25. The summed E-state index contributed by atoms with van der Waals surface area (Å²) in [6, 6.07) is 14.1. The van der Waals surface area contributed by atoms with Gasteiger partial charge in [0.25, 0.3) is 0 Å². The molecular weight excluding hydrogens is 262 g/mol. The lowest BCUT2D eigenvalue weighted by Gasteiger charge is -2.17. The monoisotopic (exact) mass is 281 g/mol. The molecule has 21 heavy (non-hydrogen) atoms. The Labute approximate surface area is 124 Å². The van der Waals surface area contributed by atoms with Crippen LogP contribution in [-0.2, 0) is 12.0 Å². The Balaban J connectivity index is 1.48. The number of aromatic nitrogens is 1. The lowest BCUT2D eigenvalue weighted by atomic mass is 9.96. The second kappa shape index (κ2) is 5.95. The Hall–Kier alpha value is -2.36. The molecule has 1 aliphatic carbocycles. The zero-order valence-corrected chi connectivity index (χ0v) is 11.9. The molecule has 0 radical (unpaired) electrons. The number of nitrogens with one attached hydrogen (secondary N) is 2. The van der Waals surface area contributed by atoms with E-state index in [1.54, 1.807) is 12.4 Å². The van der Waals surface area contributed by atoms with E-state index in [0.717, 1.165) is 18.4 Å². The van der Waals surface area contributed by atoms with Crippen LogP contribution in [0.3, 0.4) is 0 Å².